The number of tetrazole rings is 1. The lowest BCUT2D eigenvalue weighted by Gasteiger charge is -2.25. The summed E-state index contributed by atoms with van der Waals surface area (Å²) in [6, 6.07) is 18.1. The second kappa shape index (κ2) is 6.75. The topological polar surface area (TPSA) is 77.6 Å². The summed E-state index contributed by atoms with van der Waals surface area (Å²) in [6.07, 6.45) is 3.20. The second-order valence-electron chi connectivity index (χ2n) is 5.94. The van der Waals surface area contributed by atoms with Crippen LogP contribution in [0.3, 0.4) is 0 Å². The summed E-state index contributed by atoms with van der Waals surface area (Å²) in [7, 11) is 1.99. The molecule has 0 amide bonds. The maximum absolute atomic E-state index is 4.20. The smallest absolute Gasteiger partial charge is 0.250 e. The van der Waals surface area contributed by atoms with E-state index in [1.807, 2.05) is 49.5 Å². The zero-order valence-electron chi connectivity index (χ0n) is 14.5. The molecule has 0 fully saturated rings. The number of anilines is 1. The van der Waals surface area contributed by atoms with E-state index in [1.54, 1.807) is 15.7 Å². The third-order valence-electron chi connectivity index (χ3n) is 4.41. The van der Waals surface area contributed by atoms with Crippen LogP contribution in [0.25, 0.3) is 11.4 Å². The molecule has 2 aromatic carbocycles. The van der Waals surface area contributed by atoms with Gasteiger partial charge in [0.2, 0.25) is 0 Å². The second-order valence-corrected chi connectivity index (χ2v) is 5.94. The number of para-hydroxylation sites is 1. The summed E-state index contributed by atoms with van der Waals surface area (Å²) in [5.74, 6) is 0.684. The van der Waals surface area contributed by atoms with Crippen LogP contribution < -0.4 is 4.90 Å². The molecule has 130 valence electrons. The van der Waals surface area contributed by atoms with Crippen LogP contribution >= 0.6 is 0 Å². The minimum Gasteiger partial charge on any atom is -0.336 e. The third-order valence-corrected chi connectivity index (χ3v) is 4.41. The number of hydrogen-bond acceptors (Lipinski definition) is 6. The van der Waals surface area contributed by atoms with E-state index >= 15 is 0 Å². The summed E-state index contributed by atoms with van der Waals surface area (Å²) < 4.78 is 3.47. The van der Waals surface area contributed by atoms with Crippen molar-refractivity contribution in [3.8, 4) is 11.4 Å². The third kappa shape index (κ3) is 2.92. The van der Waals surface area contributed by atoms with Crippen molar-refractivity contribution in [2.24, 2.45) is 0 Å². The van der Waals surface area contributed by atoms with Crippen molar-refractivity contribution < 1.29 is 0 Å². The summed E-state index contributed by atoms with van der Waals surface area (Å²) in [4.78, 5) is 6.03. The normalized spacial score (nSPS) is 12.1. The molecule has 0 spiro atoms. The predicted octanol–water partition coefficient (Wildman–Crippen LogP) is 2.44. The maximum atomic E-state index is 4.20. The summed E-state index contributed by atoms with van der Waals surface area (Å²) in [5, 5.41) is 16.3. The van der Waals surface area contributed by atoms with E-state index < -0.39 is 0 Å². The zero-order valence-corrected chi connectivity index (χ0v) is 14.5. The predicted molar refractivity (Wildman–Crippen MR) is 97.3 cm³/mol. The van der Waals surface area contributed by atoms with Crippen LogP contribution in [0.1, 0.15) is 18.5 Å². The van der Waals surface area contributed by atoms with Gasteiger partial charge in [0.05, 0.1) is 17.4 Å². The fraction of sp³-hybridized carbons (Fsp3) is 0.167. The van der Waals surface area contributed by atoms with E-state index in [-0.39, 0.29) is 6.04 Å². The van der Waals surface area contributed by atoms with Crippen molar-refractivity contribution in [2.45, 2.75) is 13.0 Å². The van der Waals surface area contributed by atoms with Gasteiger partial charge in [-0.25, -0.2) is 9.67 Å². The summed E-state index contributed by atoms with van der Waals surface area (Å²) >= 11 is 0. The largest absolute Gasteiger partial charge is 0.336 e. The van der Waals surface area contributed by atoms with E-state index in [0.29, 0.717) is 5.95 Å². The van der Waals surface area contributed by atoms with Crippen LogP contribution in [-0.4, -0.2) is 42.0 Å². The molecule has 0 bridgehead atoms. The Bertz CT molecular complexity index is 960. The molecule has 0 radical (unpaired) electrons. The molecule has 8 heteroatoms. The molecular formula is C18H18N8. The number of benzene rings is 2. The Morgan fingerprint density at radius 3 is 2.42 bits per heavy atom. The average Bonchev–Trinajstić information content (AvgIpc) is 3.39. The van der Waals surface area contributed by atoms with Gasteiger partial charge in [-0.05, 0) is 47.2 Å². The van der Waals surface area contributed by atoms with Crippen molar-refractivity contribution in [3.63, 3.8) is 0 Å². The SMILES string of the molecule is C[C@H](c1ccc(-n2cncn2)cc1)N(C)c1nnnn1-c1ccccc1. The minimum absolute atomic E-state index is 0.0910. The highest BCUT2D eigenvalue weighted by atomic mass is 15.6. The van der Waals surface area contributed by atoms with Gasteiger partial charge in [-0.3, -0.25) is 0 Å². The molecule has 0 unspecified atom stereocenters. The van der Waals surface area contributed by atoms with Crippen LogP contribution in [0, 0.1) is 0 Å². The first-order valence-electron chi connectivity index (χ1n) is 8.25. The molecule has 1 atom stereocenters. The van der Waals surface area contributed by atoms with E-state index in [2.05, 4.69) is 49.6 Å². The van der Waals surface area contributed by atoms with Crippen LogP contribution in [0.4, 0.5) is 5.95 Å². The van der Waals surface area contributed by atoms with Crippen molar-refractivity contribution in [2.75, 3.05) is 11.9 Å². The van der Waals surface area contributed by atoms with E-state index in [1.165, 1.54) is 6.33 Å². The molecule has 0 aliphatic carbocycles. The van der Waals surface area contributed by atoms with Crippen molar-refractivity contribution in [1.29, 1.82) is 0 Å². The molecular weight excluding hydrogens is 328 g/mol. The highest BCUT2D eigenvalue weighted by molar-refractivity contribution is 5.43. The highest BCUT2D eigenvalue weighted by Gasteiger charge is 2.19. The molecule has 0 saturated carbocycles. The highest BCUT2D eigenvalue weighted by Crippen LogP contribution is 2.25. The van der Waals surface area contributed by atoms with Gasteiger partial charge in [0.1, 0.15) is 12.7 Å². The quantitative estimate of drug-likeness (QED) is 0.552. The Kier molecular flexibility index (Phi) is 4.14. The summed E-state index contributed by atoms with van der Waals surface area (Å²) in [6.45, 7) is 2.12. The van der Waals surface area contributed by atoms with Crippen molar-refractivity contribution in [3.05, 3.63) is 72.8 Å². The number of aromatic nitrogens is 7. The Balaban J connectivity index is 1.59. The fourth-order valence-corrected chi connectivity index (χ4v) is 2.78. The molecule has 0 aliphatic rings. The van der Waals surface area contributed by atoms with Gasteiger partial charge in [0.15, 0.2) is 0 Å². The molecule has 8 nitrogen and oxygen atoms in total. The van der Waals surface area contributed by atoms with Gasteiger partial charge >= 0.3 is 0 Å². The van der Waals surface area contributed by atoms with Gasteiger partial charge < -0.3 is 4.90 Å². The van der Waals surface area contributed by atoms with Gasteiger partial charge in [-0.2, -0.15) is 9.78 Å². The van der Waals surface area contributed by atoms with E-state index in [9.17, 15) is 0 Å². The number of hydrogen-bond donors (Lipinski definition) is 0. The molecule has 2 heterocycles. The molecule has 0 N–H and O–H groups in total. The lowest BCUT2D eigenvalue weighted by atomic mass is 10.1. The minimum atomic E-state index is 0.0910. The van der Waals surface area contributed by atoms with Gasteiger partial charge in [-0.15, -0.1) is 0 Å². The monoisotopic (exact) mass is 346 g/mol. The Morgan fingerprint density at radius 2 is 1.73 bits per heavy atom. The van der Waals surface area contributed by atoms with Crippen LogP contribution in [0.2, 0.25) is 0 Å². The number of rotatable bonds is 5. The number of nitrogens with zero attached hydrogens (tertiary/aromatic N) is 8. The Hall–Kier alpha value is -3.55. The maximum Gasteiger partial charge on any atom is 0.250 e. The first kappa shape index (κ1) is 15.9. The lowest BCUT2D eigenvalue weighted by molar-refractivity contribution is 0.695. The Morgan fingerprint density at radius 1 is 0.962 bits per heavy atom. The Labute approximate surface area is 150 Å². The first-order valence-corrected chi connectivity index (χ1v) is 8.25. The van der Waals surface area contributed by atoms with Crippen molar-refractivity contribution >= 4 is 5.95 Å². The molecule has 0 saturated heterocycles. The molecule has 4 rings (SSSR count). The van der Waals surface area contributed by atoms with E-state index in [0.717, 1.165) is 16.9 Å². The van der Waals surface area contributed by atoms with Gasteiger partial charge in [0.25, 0.3) is 5.95 Å². The zero-order chi connectivity index (χ0) is 17.9. The molecule has 26 heavy (non-hydrogen) atoms. The van der Waals surface area contributed by atoms with Gasteiger partial charge in [-0.1, -0.05) is 35.4 Å². The van der Waals surface area contributed by atoms with E-state index in [4.69, 9.17) is 0 Å². The van der Waals surface area contributed by atoms with Crippen LogP contribution in [0.15, 0.2) is 67.3 Å². The van der Waals surface area contributed by atoms with Crippen LogP contribution in [-0.2, 0) is 0 Å². The standard InChI is InChI=1S/C18H18N8/c1-14(15-8-10-16(11-9-15)25-13-19-12-20-25)24(2)18-21-22-23-26(18)17-6-4-3-5-7-17/h3-14H,1-2H3/t14-/m1/s1. The van der Waals surface area contributed by atoms with Crippen LogP contribution in [0.5, 0.6) is 0 Å². The fourth-order valence-electron chi connectivity index (χ4n) is 2.78. The average molecular weight is 346 g/mol. The lowest BCUT2D eigenvalue weighted by Crippen LogP contribution is -2.25. The first-order chi connectivity index (χ1) is 12.7. The van der Waals surface area contributed by atoms with Crippen molar-refractivity contribution in [1.82, 2.24) is 35.0 Å². The van der Waals surface area contributed by atoms with Gasteiger partial charge in [0, 0.05) is 7.05 Å². The summed E-state index contributed by atoms with van der Waals surface area (Å²) in [5.41, 5.74) is 3.04. The molecule has 0 aliphatic heterocycles. The molecule has 2 aromatic heterocycles. The molecule has 4 aromatic rings.